The van der Waals surface area contributed by atoms with E-state index in [4.69, 9.17) is 4.74 Å². The van der Waals surface area contributed by atoms with Crippen molar-refractivity contribution in [3.05, 3.63) is 59.2 Å². The minimum atomic E-state index is -3.64. The molecular weight excluding hydrogens is 354 g/mol. The lowest BCUT2D eigenvalue weighted by Crippen LogP contribution is -2.29. The van der Waals surface area contributed by atoms with E-state index in [0.717, 1.165) is 36.8 Å². The molecule has 1 aliphatic carbocycles. The summed E-state index contributed by atoms with van der Waals surface area (Å²) >= 11 is 0. The zero-order chi connectivity index (χ0) is 18.6. The summed E-state index contributed by atoms with van der Waals surface area (Å²) < 4.78 is 32.7. The predicted molar refractivity (Wildman–Crippen MR) is 96.7 cm³/mol. The van der Waals surface area contributed by atoms with Gasteiger partial charge in [-0.2, -0.15) is 0 Å². The van der Waals surface area contributed by atoms with Gasteiger partial charge in [-0.15, -0.1) is 0 Å². The first kappa shape index (κ1) is 18.4. The van der Waals surface area contributed by atoms with Crippen molar-refractivity contribution in [1.82, 2.24) is 4.72 Å². The molecule has 3 rings (SSSR count). The fraction of sp³-hybridized carbons (Fsp3) is 0.316. The Kier molecular flexibility index (Phi) is 5.58. The summed E-state index contributed by atoms with van der Waals surface area (Å²) in [6.07, 6.45) is 3.74. The van der Waals surface area contributed by atoms with E-state index in [1.54, 1.807) is 12.1 Å². The van der Waals surface area contributed by atoms with Crippen LogP contribution in [0.4, 0.5) is 0 Å². The lowest BCUT2D eigenvalue weighted by atomic mass is 9.92. The van der Waals surface area contributed by atoms with Crippen LogP contribution in [0.2, 0.25) is 0 Å². The van der Waals surface area contributed by atoms with Gasteiger partial charge in [-0.3, -0.25) is 0 Å². The van der Waals surface area contributed by atoms with Gasteiger partial charge >= 0.3 is 5.97 Å². The molecule has 7 heteroatoms. The number of nitrogens with one attached hydrogen (secondary N) is 1. The van der Waals surface area contributed by atoms with Crippen molar-refractivity contribution < 1.29 is 23.1 Å². The number of hydrogen-bond donors (Lipinski definition) is 2. The molecule has 0 spiro atoms. The molecule has 0 unspecified atom stereocenters. The number of aryl methyl sites for hydroxylation is 1. The quantitative estimate of drug-likeness (QED) is 0.597. The molecule has 0 aromatic heterocycles. The van der Waals surface area contributed by atoms with E-state index in [1.165, 1.54) is 24.3 Å². The molecule has 0 heterocycles. The average Bonchev–Trinajstić information content (AvgIpc) is 2.65. The Balaban J connectivity index is 1.58. The maximum atomic E-state index is 12.6. The van der Waals surface area contributed by atoms with Crippen LogP contribution in [0.5, 0.6) is 5.75 Å². The van der Waals surface area contributed by atoms with Gasteiger partial charge < -0.3 is 9.84 Å². The second-order valence-corrected chi connectivity index (χ2v) is 7.92. The number of carbonyl (C=O) groups excluding carboxylic acids is 1. The Labute approximate surface area is 152 Å². The van der Waals surface area contributed by atoms with E-state index in [9.17, 15) is 18.3 Å². The first-order valence-electron chi connectivity index (χ1n) is 8.54. The molecule has 26 heavy (non-hydrogen) atoms. The molecule has 0 fully saturated rings. The van der Waals surface area contributed by atoms with E-state index >= 15 is 0 Å². The third-order valence-electron chi connectivity index (χ3n) is 4.37. The highest BCUT2D eigenvalue weighted by atomic mass is 32.2. The van der Waals surface area contributed by atoms with Crippen LogP contribution in [0.1, 0.15) is 34.3 Å². The van der Waals surface area contributed by atoms with Gasteiger partial charge in [-0.05, 0) is 67.1 Å². The molecule has 6 nitrogen and oxygen atoms in total. The van der Waals surface area contributed by atoms with Crippen molar-refractivity contribution in [3.63, 3.8) is 0 Å². The second-order valence-electron chi connectivity index (χ2n) is 6.18. The molecule has 0 aliphatic heterocycles. The molecule has 2 N–H and O–H groups in total. The monoisotopic (exact) mass is 375 g/mol. The van der Waals surface area contributed by atoms with Gasteiger partial charge in [0.05, 0.1) is 10.5 Å². The van der Waals surface area contributed by atoms with E-state index in [0.29, 0.717) is 10.5 Å². The number of benzene rings is 2. The molecule has 0 radical (unpaired) electrons. The number of ether oxygens (including phenoxy) is 1. The van der Waals surface area contributed by atoms with Crippen LogP contribution < -0.4 is 4.72 Å². The van der Waals surface area contributed by atoms with Gasteiger partial charge in [-0.25, -0.2) is 17.9 Å². The fourth-order valence-corrected chi connectivity index (χ4v) is 4.40. The molecule has 1 aliphatic rings. The number of fused-ring (bicyclic) bond motifs is 1. The van der Waals surface area contributed by atoms with Crippen LogP contribution in [0, 0.1) is 0 Å². The molecule has 0 saturated carbocycles. The molecule has 0 bridgehead atoms. The van der Waals surface area contributed by atoms with Gasteiger partial charge in [0.25, 0.3) is 0 Å². The number of rotatable bonds is 6. The van der Waals surface area contributed by atoms with Crippen LogP contribution in [0.15, 0.2) is 47.4 Å². The predicted octanol–water partition coefficient (Wildman–Crippen LogP) is 2.41. The van der Waals surface area contributed by atoms with Gasteiger partial charge in [0, 0.05) is 6.54 Å². The minimum absolute atomic E-state index is 0.00414. The van der Waals surface area contributed by atoms with Crippen LogP contribution in [0.3, 0.4) is 0 Å². The Morgan fingerprint density at radius 2 is 1.81 bits per heavy atom. The lowest BCUT2D eigenvalue weighted by Gasteiger charge is -2.19. The molecule has 0 atom stereocenters. The highest BCUT2D eigenvalue weighted by molar-refractivity contribution is 7.89. The largest absolute Gasteiger partial charge is 0.508 e. The highest BCUT2D eigenvalue weighted by Gasteiger charge is 2.22. The number of esters is 1. The maximum Gasteiger partial charge on any atom is 0.338 e. The van der Waals surface area contributed by atoms with Crippen molar-refractivity contribution in [2.24, 2.45) is 0 Å². The Morgan fingerprint density at radius 1 is 1.08 bits per heavy atom. The van der Waals surface area contributed by atoms with Crippen LogP contribution in [-0.2, 0) is 27.6 Å². The van der Waals surface area contributed by atoms with E-state index in [1.807, 2.05) is 6.07 Å². The van der Waals surface area contributed by atoms with Gasteiger partial charge in [0.15, 0.2) is 0 Å². The van der Waals surface area contributed by atoms with Crippen molar-refractivity contribution in [3.8, 4) is 5.75 Å². The maximum absolute atomic E-state index is 12.6. The Hall–Kier alpha value is -2.38. The van der Waals surface area contributed by atoms with Crippen molar-refractivity contribution in [1.29, 1.82) is 0 Å². The number of carbonyl (C=O) groups is 1. The summed E-state index contributed by atoms with van der Waals surface area (Å²) in [6, 6.07) is 11.0. The zero-order valence-electron chi connectivity index (χ0n) is 14.3. The molecule has 0 amide bonds. The van der Waals surface area contributed by atoms with Gasteiger partial charge in [-0.1, -0.05) is 12.1 Å². The second kappa shape index (κ2) is 7.88. The Morgan fingerprint density at radius 3 is 2.58 bits per heavy atom. The lowest BCUT2D eigenvalue weighted by molar-refractivity contribution is 0.0513. The summed E-state index contributed by atoms with van der Waals surface area (Å²) in [6.45, 7) is -0.0796. The normalized spacial score (nSPS) is 13.8. The van der Waals surface area contributed by atoms with Gasteiger partial charge in [0.2, 0.25) is 10.0 Å². The zero-order valence-corrected chi connectivity index (χ0v) is 15.1. The minimum Gasteiger partial charge on any atom is -0.508 e. The first-order chi connectivity index (χ1) is 12.5. The number of sulfonamides is 1. The van der Waals surface area contributed by atoms with Crippen LogP contribution in [0.25, 0.3) is 0 Å². The standard InChI is InChI=1S/C19H21NO5S/c21-16-10-8-15(9-11-16)19(22)25-13-12-20-26(23,24)18-7-3-5-14-4-1-2-6-17(14)18/h3,5,7-11,20-21H,1-2,4,6,12-13H2. The number of phenols is 1. The smallest absolute Gasteiger partial charge is 0.338 e. The molecular formula is C19H21NO5S. The SMILES string of the molecule is O=C(OCCNS(=O)(=O)c1cccc2c1CCCC2)c1ccc(O)cc1. The summed E-state index contributed by atoms with van der Waals surface area (Å²) in [7, 11) is -3.64. The van der Waals surface area contributed by atoms with E-state index in [-0.39, 0.29) is 18.9 Å². The third-order valence-corrected chi connectivity index (χ3v) is 5.92. The summed E-state index contributed by atoms with van der Waals surface area (Å²) in [4.78, 5) is 12.2. The summed E-state index contributed by atoms with van der Waals surface area (Å²) in [5.41, 5.74) is 2.29. The molecule has 138 valence electrons. The number of hydrogen-bond acceptors (Lipinski definition) is 5. The van der Waals surface area contributed by atoms with Crippen LogP contribution in [-0.4, -0.2) is 32.6 Å². The highest BCUT2D eigenvalue weighted by Crippen LogP contribution is 2.27. The topological polar surface area (TPSA) is 92.7 Å². The Bertz CT molecular complexity index is 891. The summed E-state index contributed by atoms with van der Waals surface area (Å²) in [5, 5.41) is 9.21. The van der Waals surface area contributed by atoms with Crippen molar-refractivity contribution in [2.45, 2.75) is 30.6 Å². The summed E-state index contributed by atoms with van der Waals surface area (Å²) in [5.74, 6) is -0.512. The number of phenolic OH excluding ortho intramolecular Hbond substituents is 1. The van der Waals surface area contributed by atoms with Gasteiger partial charge in [0.1, 0.15) is 12.4 Å². The van der Waals surface area contributed by atoms with Crippen molar-refractivity contribution >= 4 is 16.0 Å². The molecule has 2 aromatic rings. The molecule has 2 aromatic carbocycles. The average molecular weight is 375 g/mol. The molecule has 0 saturated heterocycles. The first-order valence-corrected chi connectivity index (χ1v) is 10.0. The van der Waals surface area contributed by atoms with Crippen LogP contribution >= 0.6 is 0 Å². The third kappa shape index (κ3) is 4.23. The number of aromatic hydroxyl groups is 1. The van der Waals surface area contributed by atoms with E-state index < -0.39 is 16.0 Å². The fourth-order valence-electron chi connectivity index (χ4n) is 3.08. The van der Waals surface area contributed by atoms with E-state index in [2.05, 4.69) is 4.72 Å². The van der Waals surface area contributed by atoms with Crippen molar-refractivity contribution in [2.75, 3.05) is 13.2 Å².